The van der Waals surface area contributed by atoms with Crippen molar-refractivity contribution in [1.29, 1.82) is 0 Å². The number of rotatable bonds is 8. The van der Waals surface area contributed by atoms with Crippen LogP contribution in [0.15, 0.2) is 54.6 Å². The van der Waals surface area contributed by atoms with Crippen LogP contribution in [0.5, 0.6) is 0 Å². The molecule has 120 valence electrons. The Morgan fingerprint density at radius 2 is 1.70 bits per heavy atom. The van der Waals surface area contributed by atoms with Gasteiger partial charge in [-0.3, -0.25) is 0 Å². The molecule has 0 N–H and O–H groups in total. The van der Waals surface area contributed by atoms with Crippen molar-refractivity contribution in [3.8, 4) is 11.1 Å². The average molecular weight is 312 g/mol. The van der Waals surface area contributed by atoms with Crippen LogP contribution in [0, 0.1) is 0 Å². The fourth-order valence-electron chi connectivity index (χ4n) is 2.20. The largest absolute Gasteiger partial charge is 0.459 e. The third-order valence-electron chi connectivity index (χ3n) is 3.57. The Balaban J connectivity index is 1.94. The van der Waals surface area contributed by atoms with E-state index in [0.717, 1.165) is 17.4 Å². The average Bonchev–Trinajstić information content (AvgIpc) is 2.62. The SMILES string of the molecule is COC(CCC=O)COC(=O)c1ccc(-c2ccccc2)cc1. The predicted octanol–water partition coefficient (Wildman–Crippen LogP) is 3.50. The molecule has 0 aliphatic heterocycles. The van der Waals surface area contributed by atoms with Gasteiger partial charge in [-0.25, -0.2) is 4.79 Å². The van der Waals surface area contributed by atoms with Gasteiger partial charge >= 0.3 is 5.97 Å². The minimum absolute atomic E-state index is 0.142. The lowest BCUT2D eigenvalue weighted by Gasteiger charge is -2.14. The zero-order valence-corrected chi connectivity index (χ0v) is 13.1. The molecule has 0 aromatic heterocycles. The minimum Gasteiger partial charge on any atom is -0.459 e. The number of esters is 1. The molecule has 4 heteroatoms. The highest BCUT2D eigenvalue weighted by molar-refractivity contribution is 5.90. The van der Waals surface area contributed by atoms with Gasteiger partial charge in [-0.05, 0) is 29.7 Å². The number of carbonyl (C=O) groups excluding carboxylic acids is 2. The van der Waals surface area contributed by atoms with Gasteiger partial charge < -0.3 is 14.3 Å². The number of hydrogen-bond acceptors (Lipinski definition) is 4. The fourth-order valence-corrected chi connectivity index (χ4v) is 2.20. The van der Waals surface area contributed by atoms with Crippen molar-refractivity contribution in [2.24, 2.45) is 0 Å². The number of ether oxygens (including phenoxy) is 2. The molecular formula is C19H20O4. The number of hydrogen-bond donors (Lipinski definition) is 0. The van der Waals surface area contributed by atoms with Crippen LogP contribution in [-0.2, 0) is 14.3 Å². The van der Waals surface area contributed by atoms with Crippen LogP contribution in [0.3, 0.4) is 0 Å². The van der Waals surface area contributed by atoms with Crippen LogP contribution in [-0.4, -0.2) is 32.1 Å². The van der Waals surface area contributed by atoms with E-state index in [9.17, 15) is 9.59 Å². The number of carbonyl (C=O) groups is 2. The quantitative estimate of drug-likeness (QED) is 0.553. The van der Waals surface area contributed by atoms with E-state index in [-0.39, 0.29) is 12.7 Å². The molecule has 2 aromatic carbocycles. The second-order valence-electron chi connectivity index (χ2n) is 5.14. The van der Waals surface area contributed by atoms with Gasteiger partial charge in [0.05, 0.1) is 11.7 Å². The standard InChI is InChI=1S/C19H20O4/c1-22-18(8-5-13-20)14-23-19(21)17-11-9-16(10-12-17)15-6-3-2-4-7-15/h2-4,6-7,9-13,18H,5,8,14H2,1H3. The molecular weight excluding hydrogens is 292 g/mol. The molecule has 4 nitrogen and oxygen atoms in total. The number of benzene rings is 2. The van der Waals surface area contributed by atoms with Crippen LogP contribution in [0.4, 0.5) is 0 Å². The van der Waals surface area contributed by atoms with E-state index in [1.807, 2.05) is 42.5 Å². The van der Waals surface area contributed by atoms with Gasteiger partial charge in [0.1, 0.15) is 12.9 Å². The van der Waals surface area contributed by atoms with E-state index >= 15 is 0 Å². The van der Waals surface area contributed by atoms with Gasteiger partial charge in [0, 0.05) is 13.5 Å². The minimum atomic E-state index is -0.391. The van der Waals surface area contributed by atoms with Crippen LogP contribution in [0.1, 0.15) is 23.2 Å². The molecule has 2 rings (SSSR count). The van der Waals surface area contributed by atoms with Crippen LogP contribution in [0.25, 0.3) is 11.1 Å². The molecule has 0 saturated heterocycles. The Morgan fingerprint density at radius 1 is 1.04 bits per heavy atom. The summed E-state index contributed by atoms with van der Waals surface area (Å²) in [6.45, 7) is 0.142. The molecule has 0 aliphatic rings. The Bertz CT molecular complexity index is 620. The lowest BCUT2D eigenvalue weighted by atomic mass is 10.0. The van der Waals surface area contributed by atoms with Gasteiger partial charge in [0.25, 0.3) is 0 Å². The summed E-state index contributed by atoms with van der Waals surface area (Å²) in [5, 5.41) is 0. The van der Waals surface area contributed by atoms with Crippen LogP contribution < -0.4 is 0 Å². The zero-order chi connectivity index (χ0) is 16.5. The lowest BCUT2D eigenvalue weighted by Crippen LogP contribution is -2.21. The Kier molecular flexibility index (Phi) is 6.51. The van der Waals surface area contributed by atoms with Crippen molar-refractivity contribution in [2.45, 2.75) is 18.9 Å². The molecule has 0 aliphatic carbocycles. The van der Waals surface area contributed by atoms with Crippen molar-refractivity contribution < 1.29 is 19.1 Å². The van der Waals surface area contributed by atoms with Gasteiger partial charge in [0.15, 0.2) is 0 Å². The van der Waals surface area contributed by atoms with Crippen LogP contribution in [0.2, 0.25) is 0 Å². The van der Waals surface area contributed by atoms with Gasteiger partial charge in [-0.15, -0.1) is 0 Å². The zero-order valence-electron chi connectivity index (χ0n) is 13.1. The molecule has 1 unspecified atom stereocenters. The van der Waals surface area contributed by atoms with E-state index in [0.29, 0.717) is 18.4 Å². The summed E-state index contributed by atoms with van der Waals surface area (Å²) in [7, 11) is 1.54. The molecule has 23 heavy (non-hydrogen) atoms. The first kappa shape index (κ1) is 16.9. The van der Waals surface area contributed by atoms with Crippen LogP contribution >= 0.6 is 0 Å². The Morgan fingerprint density at radius 3 is 2.30 bits per heavy atom. The molecule has 0 amide bonds. The Labute approximate surface area is 136 Å². The molecule has 0 saturated carbocycles. The maximum atomic E-state index is 12.0. The maximum Gasteiger partial charge on any atom is 0.338 e. The first-order valence-corrected chi connectivity index (χ1v) is 7.53. The highest BCUT2D eigenvalue weighted by Gasteiger charge is 2.12. The summed E-state index contributed by atoms with van der Waals surface area (Å²) in [5.74, 6) is -0.391. The third-order valence-corrected chi connectivity index (χ3v) is 3.57. The van der Waals surface area contributed by atoms with E-state index in [4.69, 9.17) is 9.47 Å². The van der Waals surface area contributed by atoms with Gasteiger partial charge in [-0.1, -0.05) is 42.5 Å². The first-order chi connectivity index (χ1) is 11.2. The predicted molar refractivity (Wildman–Crippen MR) is 88.3 cm³/mol. The molecule has 0 fully saturated rings. The van der Waals surface area contributed by atoms with Crippen molar-refractivity contribution in [2.75, 3.05) is 13.7 Å². The van der Waals surface area contributed by atoms with E-state index in [1.54, 1.807) is 12.1 Å². The van der Waals surface area contributed by atoms with E-state index in [2.05, 4.69) is 0 Å². The summed E-state index contributed by atoms with van der Waals surface area (Å²) < 4.78 is 10.4. The first-order valence-electron chi connectivity index (χ1n) is 7.53. The normalized spacial score (nSPS) is 11.7. The third kappa shape index (κ3) is 5.04. The number of aldehydes is 1. The van der Waals surface area contributed by atoms with Crippen molar-refractivity contribution in [3.63, 3.8) is 0 Å². The second kappa shape index (κ2) is 8.86. The molecule has 0 spiro atoms. The molecule has 0 radical (unpaired) electrons. The molecule has 0 bridgehead atoms. The summed E-state index contributed by atoms with van der Waals surface area (Å²) >= 11 is 0. The molecule has 0 heterocycles. The van der Waals surface area contributed by atoms with Crippen molar-refractivity contribution >= 4 is 12.3 Å². The molecule has 2 aromatic rings. The highest BCUT2D eigenvalue weighted by atomic mass is 16.6. The summed E-state index contributed by atoms with van der Waals surface area (Å²) in [5.41, 5.74) is 2.64. The topological polar surface area (TPSA) is 52.6 Å². The monoisotopic (exact) mass is 312 g/mol. The van der Waals surface area contributed by atoms with Crippen molar-refractivity contribution in [1.82, 2.24) is 0 Å². The summed E-state index contributed by atoms with van der Waals surface area (Å²) in [6.07, 6.45) is 1.51. The lowest BCUT2D eigenvalue weighted by molar-refractivity contribution is -0.108. The fraction of sp³-hybridized carbons (Fsp3) is 0.263. The smallest absolute Gasteiger partial charge is 0.338 e. The Hall–Kier alpha value is -2.46. The molecule has 1 atom stereocenters. The summed E-state index contributed by atoms with van der Waals surface area (Å²) in [4.78, 5) is 22.4. The number of methoxy groups -OCH3 is 1. The highest BCUT2D eigenvalue weighted by Crippen LogP contribution is 2.19. The second-order valence-corrected chi connectivity index (χ2v) is 5.14. The van der Waals surface area contributed by atoms with Gasteiger partial charge in [0.2, 0.25) is 0 Å². The summed E-state index contributed by atoms with van der Waals surface area (Å²) in [6, 6.07) is 17.2. The maximum absolute atomic E-state index is 12.0. The van der Waals surface area contributed by atoms with E-state index in [1.165, 1.54) is 7.11 Å². The van der Waals surface area contributed by atoms with E-state index < -0.39 is 5.97 Å². The van der Waals surface area contributed by atoms with Gasteiger partial charge in [-0.2, -0.15) is 0 Å². The van der Waals surface area contributed by atoms with Crippen molar-refractivity contribution in [3.05, 3.63) is 60.2 Å².